The number of nitrogens with two attached hydrogens (primary N) is 1. The first-order chi connectivity index (χ1) is 9.23. The van der Waals surface area contributed by atoms with E-state index in [-0.39, 0.29) is 12.1 Å². The minimum absolute atomic E-state index is 0.0490. The molecule has 112 valence electrons. The third-order valence-corrected chi connectivity index (χ3v) is 6.91. The second kappa shape index (κ2) is 5.75. The van der Waals surface area contributed by atoms with Crippen molar-refractivity contribution < 1.29 is 8.42 Å². The fraction of sp³-hybridized carbons (Fsp3) is 0.571. The normalized spacial score (nSPS) is 24.9. The lowest BCUT2D eigenvalue weighted by Gasteiger charge is -2.35. The van der Waals surface area contributed by atoms with Crippen molar-refractivity contribution >= 4 is 26.0 Å². The molecule has 20 heavy (non-hydrogen) atoms. The molecule has 1 aliphatic rings. The highest BCUT2D eigenvalue weighted by Gasteiger charge is 2.34. The maximum Gasteiger partial charge on any atom is 0.243 e. The van der Waals surface area contributed by atoms with Crippen molar-refractivity contribution in [3.05, 3.63) is 27.7 Å². The Bertz CT molecular complexity index is 616. The van der Waals surface area contributed by atoms with Gasteiger partial charge in [0.05, 0.1) is 4.90 Å². The Labute approximate surface area is 129 Å². The van der Waals surface area contributed by atoms with Crippen LogP contribution in [0.15, 0.2) is 21.5 Å². The molecule has 0 amide bonds. The Hall–Kier alpha value is -0.430. The predicted octanol–water partition coefficient (Wildman–Crippen LogP) is 2.57. The quantitative estimate of drug-likeness (QED) is 0.881. The highest BCUT2D eigenvalue weighted by atomic mass is 79.9. The zero-order valence-electron chi connectivity index (χ0n) is 12.1. The number of hydrogen-bond donors (Lipinski definition) is 1. The van der Waals surface area contributed by atoms with Crippen molar-refractivity contribution in [1.29, 1.82) is 0 Å². The molecule has 1 heterocycles. The van der Waals surface area contributed by atoms with Gasteiger partial charge in [0.2, 0.25) is 10.0 Å². The number of nitrogens with zero attached hydrogens (tertiary/aromatic N) is 1. The first-order valence-corrected chi connectivity index (χ1v) is 9.01. The van der Waals surface area contributed by atoms with E-state index in [9.17, 15) is 8.42 Å². The van der Waals surface area contributed by atoms with E-state index in [2.05, 4.69) is 15.9 Å². The summed E-state index contributed by atoms with van der Waals surface area (Å²) in [6.07, 6.45) is 1.44. The van der Waals surface area contributed by atoms with Crippen LogP contribution in [0.1, 0.15) is 30.9 Å². The van der Waals surface area contributed by atoms with Crippen LogP contribution in [0.2, 0.25) is 0 Å². The molecule has 0 radical (unpaired) electrons. The van der Waals surface area contributed by atoms with E-state index < -0.39 is 10.0 Å². The second-order valence-electron chi connectivity index (χ2n) is 5.62. The fourth-order valence-corrected chi connectivity index (χ4v) is 5.11. The Morgan fingerprint density at radius 2 is 1.95 bits per heavy atom. The minimum Gasteiger partial charge on any atom is -0.328 e. The van der Waals surface area contributed by atoms with Crippen LogP contribution < -0.4 is 5.73 Å². The van der Waals surface area contributed by atoms with Crippen molar-refractivity contribution in [1.82, 2.24) is 4.31 Å². The third kappa shape index (κ3) is 2.93. The van der Waals surface area contributed by atoms with Crippen molar-refractivity contribution in [2.75, 3.05) is 6.54 Å². The van der Waals surface area contributed by atoms with Gasteiger partial charge in [0, 0.05) is 23.1 Å². The Kier molecular flexibility index (Phi) is 4.59. The van der Waals surface area contributed by atoms with Crippen LogP contribution in [0, 0.1) is 13.8 Å². The molecule has 4 nitrogen and oxygen atoms in total. The number of sulfonamides is 1. The van der Waals surface area contributed by atoms with Crippen molar-refractivity contribution in [2.45, 2.75) is 50.6 Å². The van der Waals surface area contributed by atoms with E-state index >= 15 is 0 Å². The summed E-state index contributed by atoms with van der Waals surface area (Å²) in [6, 6.07) is 3.66. The van der Waals surface area contributed by atoms with Crippen LogP contribution in [-0.4, -0.2) is 31.4 Å². The van der Waals surface area contributed by atoms with E-state index in [0.717, 1.165) is 22.0 Å². The van der Waals surface area contributed by atoms with Gasteiger partial charge in [0.25, 0.3) is 0 Å². The Morgan fingerprint density at radius 3 is 2.55 bits per heavy atom. The first kappa shape index (κ1) is 15.9. The molecule has 1 saturated heterocycles. The third-order valence-electron chi connectivity index (χ3n) is 3.90. The summed E-state index contributed by atoms with van der Waals surface area (Å²) in [5.41, 5.74) is 7.61. The summed E-state index contributed by atoms with van der Waals surface area (Å²) < 4.78 is 28.2. The average molecular weight is 361 g/mol. The lowest BCUT2D eigenvalue weighted by Crippen LogP contribution is -2.48. The van der Waals surface area contributed by atoms with Crippen LogP contribution in [-0.2, 0) is 10.0 Å². The molecule has 0 spiro atoms. The number of benzene rings is 1. The van der Waals surface area contributed by atoms with Crippen LogP contribution >= 0.6 is 15.9 Å². The van der Waals surface area contributed by atoms with E-state index in [1.54, 1.807) is 10.4 Å². The largest absolute Gasteiger partial charge is 0.328 e. The maximum atomic E-state index is 12.9. The van der Waals surface area contributed by atoms with Gasteiger partial charge in [0.1, 0.15) is 0 Å². The predicted molar refractivity (Wildman–Crippen MR) is 84.2 cm³/mol. The van der Waals surface area contributed by atoms with Crippen molar-refractivity contribution in [2.24, 2.45) is 5.73 Å². The molecule has 6 heteroatoms. The maximum absolute atomic E-state index is 12.9. The summed E-state index contributed by atoms with van der Waals surface area (Å²) >= 11 is 3.44. The molecule has 1 aromatic carbocycles. The number of halogens is 1. The van der Waals surface area contributed by atoms with Crippen LogP contribution in [0.5, 0.6) is 0 Å². The van der Waals surface area contributed by atoms with Crippen LogP contribution in [0.4, 0.5) is 0 Å². The van der Waals surface area contributed by atoms with Gasteiger partial charge in [-0.25, -0.2) is 8.42 Å². The molecule has 0 unspecified atom stereocenters. The fourth-order valence-electron chi connectivity index (χ4n) is 2.70. The van der Waals surface area contributed by atoms with Crippen LogP contribution in [0.25, 0.3) is 0 Å². The van der Waals surface area contributed by atoms with Gasteiger partial charge in [-0.15, -0.1) is 0 Å². The lowest BCUT2D eigenvalue weighted by atomic mass is 10.0. The number of hydrogen-bond acceptors (Lipinski definition) is 3. The molecular formula is C14H21BrN2O2S. The minimum atomic E-state index is -3.45. The molecule has 1 fully saturated rings. The molecule has 0 bridgehead atoms. The molecule has 2 N–H and O–H groups in total. The van der Waals surface area contributed by atoms with Gasteiger partial charge in [0.15, 0.2) is 0 Å². The molecule has 1 aliphatic heterocycles. The molecule has 0 aliphatic carbocycles. The van der Waals surface area contributed by atoms with E-state index in [1.807, 2.05) is 26.8 Å². The highest BCUT2D eigenvalue weighted by Crippen LogP contribution is 2.29. The van der Waals surface area contributed by atoms with E-state index in [0.29, 0.717) is 17.9 Å². The van der Waals surface area contributed by atoms with Gasteiger partial charge in [-0.3, -0.25) is 0 Å². The van der Waals surface area contributed by atoms with Crippen molar-refractivity contribution in [3.63, 3.8) is 0 Å². The molecule has 2 atom stereocenters. The standard InChI is InChI=1S/C14H21BrN2O2S/c1-9-7-14(10(2)6-13(9)15)20(18,19)17-5-4-12(16)8-11(17)3/h6-7,11-12H,4-5,8,16H2,1-3H3/t11-,12-/m0/s1. The summed E-state index contributed by atoms with van der Waals surface area (Å²) in [7, 11) is -3.45. The Morgan fingerprint density at radius 1 is 1.30 bits per heavy atom. The highest BCUT2D eigenvalue weighted by molar-refractivity contribution is 9.10. The Balaban J connectivity index is 2.43. The van der Waals surface area contributed by atoms with Gasteiger partial charge >= 0.3 is 0 Å². The average Bonchev–Trinajstić information content (AvgIpc) is 2.33. The topological polar surface area (TPSA) is 63.4 Å². The molecule has 1 aromatic rings. The summed E-state index contributed by atoms with van der Waals surface area (Å²) in [5.74, 6) is 0. The van der Waals surface area contributed by atoms with Crippen molar-refractivity contribution in [3.8, 4) is 0 Å². The molecule has 0 aromatic heterocycles. The second-order valence-corrected chi connectivity index (χ2v) is 8.33. The van der Waals surface area contributed by atoms with Crippen LogP contribution in [0.3, 0.4) is 0 Å². The first-order valence-electron chi connectivity index (χ1n) is 6.77. The van der Waals surface area contributed by atoms with E-state index in [4.69, 9.17) is 5.73 Å². The number of rotatable bonds is 2. The summed E-state index contributed by atoms with van der Waals surface area (Å²) in [4.78, 5) is 0.403. The molecular weight excluding hydrogens is 340 g/mol. The smallest absolute Gasteiger partial charge is 0.243 e. The lowest BCUT2D eigenvalue weighted by molar-refractivity contribution is 0.247. The summed E-state index contributed by atoms with van der Waals surface area (Å²) in [5, 5.41) is 0. The van der Waals surface area contributed by atoms with Gasteiger partial charge in [-0.05, 0) is 56.9 Å². The zero-order chi connectivity index (χ0) is 15.1. The number of aryl methyl sites for hydroxylation is 2. The monoisotopic (exact) mass is 360 g/mol. The van der Waals surface area contributed by atoms with E-state index in [1.165, 1.54) is 0 Å². The van der Waals surface area contributed by atoms with Gasteiger partial charge < -0.3 is 5.73 Å². The van der Waals surface area contributed by atoms with Gasteiger partial charge in [-0.1, -0.05) is 15.9 Å². The number of piperidine rings is 1. The van der Waals surface area contributed by atoms with Gasteiger partial charge in [-0.2, -0.15) is 4.31 Å². The molecule has 0 saturated carbocycles. The summed E-state index contributed by atoms with van der Waals surface area (Å²) in [6.45, 7) is 6.16. The zero-order valence-corrected chi connectivity index (χ0v) is 14.5. The molecule has 2 rings (SSSR count). The SMILES string of the molecule is Cc1cc(S(=O)(=O)N2CC[C@H](N)C[C@@H]2C)c(C)cc1Br.